The lowest BCUT2D eigenvalue weighted by Crippen LogP contribution is -2.26. The summed E-state index contributed by atoms with van der Waals surface area (Å²) in [6.45, 7) is -0.0215. The highest BCUT2D eigenvalue weighted by Gasteiger charge is 2.17. The van der Waals surface area contributed by atoms with E-state index < -0.39 is 10.0 Å². The summed E-state index contributed by atoms with van der Waals surface area (Å²) in [6.07, 6.45) is 0. The molecule has 1 aromatic carbocycles. The zero-order valence-electron chi connectivity index (χ0n) is 9.04. The largest absolute Gasteiger partial charge is 0.242 e. The average molecular weight is 286 g/mol. The molecule has 0 unspecified atom stereocenters. The van der Waals surface area contributed by atoms with Crippen molar-refractivity contribution in [3.05, 3.63) is 39.2 Å². The van der Waals surface area contributed by atoms with Crippen LogP contribution in [0.2, 0.25) is 5.02 Å². The Labute approximate surface area is 109 Å². The van der Waals surface area contributed by atoms with Gasteiger partial charge in [-0.05, 0) is 23.7 Å². The summed E-state index contributed by atoms with van der Waals surface area (Å²) in [5, 5.41) is 11.8. The molecule has 0 radical (unpaired) electrons. The Morgan fingerprint density at radius 3 is 2.83 bits per heavy atom. The first kappa shape index (κ1) is 14.3. The minimum atomic E-state index is -3.77. The molecule has 0 spiro atoms. The summed E-state index contributed by atoms with van der Waals surface area (Å²) in [5.41, 5.74) is 8.32. The lowest BCUT2D eigenvalue weighted by atomic mass is 10.2. The summed E-state index contributed by atoms with van der Waals surface area (Å²) < 4.78 is 25.8. The number of nitrogens with one attached hydrogen (secondary N) is 1. The number of hydrogen-bond donors (Lipinski definition) is 1. The van der Waals surface area contributed by atoms with Crippen LogP contribution in [0, 0.1) is 11.3 Å². The van der Waals surface area contributed by atoms with Crippen molar-refractivity contribution in [3.8, 4) is 6.07 Å². The molecule has 0 fully saturated rings. The summed E-state index contributed by atoms with van der Waals surface area (Å²) in [7, 11) is -3.77. The molecule has 9 heteroatoms. The Balaban J connectivity index is 2.92. The highest BCUT2D eigenvalue weighted by molar-refractivity contribution is 7.89. The van der Waals surface area contributed by atoms with Crippen LogP contribution < -0.4 is 4.72 Å². The van der Waals surface area contributed by atoms with E-state index in [1.54, 1.807) is 0 Å². The maximum atomic E-state index is 11.8. The third-order valence-corrected chi connectivity index (χ3v) is 3.86. The SMILES string of the molecule is N#Cc1ccc(S(=O)(=O)NCCN=[N+]=[N-])c(Cl)c1. The molecule has 0 amide bonds. The van der Waals surface area contributed by atoms with E-state index in [-0.39, 0.29) is 28.6 Å². The van der Waals surface area contributed by atoms with E-state index >= 15 is 0 Å². The van der Waals surface area contributed by atoms with E-state index in [4.69, 9.17) is 22.4 Å². The van der Waals surface area contributed by atoms with Crippen molar-refractivity contribution < 1.29 is 8.42 Å². The van der Waals surface area contributed by atoms with Gasteiger partial charge in [-0.3, -0.25) is 0 Å². The second-order valence-corrected chi connectivity index (χ2v) is 5.25. The molecule has 0 aliphatic heterocycles. The molecular weight excluding hydrogens is 278 g/mol. The third kappa shape index (κ3) is 3.61. The smallest absolute Gasteiger partial charge is 0.211 e. The quantitative estimate of drug-likeness (QED) is 0.384. The van der Waals surface area contributed by atoms with Gasteiger partial charge in [0.2, 0.25) is 10.0 Å². The van der Waals surface area contributed by atoms with E-state index in [1.807, 2.05) is 6.07 Å². The van der Waals surface area contributed by atoms with Crippen LogP contribution in [-0.2, 0) is 10.0 Å². The molecule has 7 nitrogen and oxygen atoms in total. The van der Waals surface area contributed by atoms with Crippen LogP contribution in [0.15, 0.2) is 28.2 Å². The van der Waals surface area contributed by atoms with E-state index in [0.29, 0.717) is 0 Å². The van der Waals surface area contributed by atoms with Gasteiger partial charge in [0.25, 0.3) is 0 Å². The minimum absolute atomic E-state index is 0.00360. The fraction of sp³-hybridized carbons (Fsp3) is 0.222. The van der Waals surface area contributed by atoms with Crippen LogP contribution in [0.4, 0.5) is 0 Å². The van der Waals surface area contributed by atoms with Crippen LogP contribution in [0.1, 0.15) is 5.56 Å². The Morgan fingerprint density at radius 2 is 2.28 bits per heavy atom. The maximum absolute atomic E-state index is 11.8. The van der Waals surface area contributed by atoms with Gasteiger partial charge in [-0.25, -0.2) is 13.1 Å². The van der Waals surface area contributed by atoms with Crippen molar-refractivity contribution in [2.24, 2.45) is 5.11 Å². The second-order valence-electron chi connectivity index (χ2n) is 3.11. The Morgan fingerprint density at radius 1 is 1.56 bits per heavy atom. The highest BCUT2D eigenvalue weighted by Crippen LogP contribution is 2.22. The lowest BCUT2D eigenvalue weighted by Gasteiger charge is -2.07. The number of sulfonamides is 1. The fourth-order valence-electron chi connectivity index (χ4n) is 1.14. The van der Waals surface area contributed by atoms with Crippen molar-refractivity contribution in [1.29, 1.82) is 5.26 Å². The number of nitrogens with zero attached hydrogens (tertiary/aromatic N) is 4. The molecular formula is C9H8ClN5O2S. The number of rotatable bonds is 5. The molecule has 18 heavy (non-hydrogen) atoms. The Bertz CT molecular complexity index is 631. The number of benzene rings is 1. The Kier molecular flexibility index (Phi) is 4.95. The van der Waals surface area contributed by atoms with Crippen molar-refractivity contribution in [3.63, 3.8) is 0 Å². The number of hydrogen-bond acceptors (Lipinski definition) is 4. The van der Waals surface area contributed by atoms with Gasteiger partial charge >= 0.3 is 0 Å². The van der Waals surface area contributed by atoms with Crippen LogP contribution in [-0.4, -0.2) is 21.5 Å². The summed E-state index contributed by atoms with van der Waals surface area (Å²) in [4.78, 5) is 2.38. The molecule has 0 aliphatic carbocycles. The Hall–Kier alpha value is -1.78. The molecule has 0 aromatic heterocycles. The monoisotopic (exact) mass is 285 g/mol. The zero-order valence-corrected chi connectivity index (χ0v) is 10.6. The van der Waals surface area contributed by atoms with Crippen molar-refractivity contribution in [2.75, 3.05) is 13.1 Å². The first-order chi connectivity index (χ1) is 8.51. The van der Waals surface area contributed by atoms with Crippen LogP contribution in [0.25, 0.3) is 10.4 Å². The van der Waals surface area contributed by atoms with Gasteiger partial charge in [-0.15, -0.1) is 0 Å². The molecule has 94 valence electrons. The van der Waals surface area contributed by atoms with Crippen molar-refractivity contribution in [2.45, 2.75) is 4.90 Å². The lowest BCUT2D eigenvalue weighted by molar-refractivity contribution is 0.582. The minimum Gasteiger partial charge on any atom is -0.211 e. The highest BCUT2D eigenvalue weighted by atomic mass is 35.5. The first-order valence-electron chi connectivity index (χ1n) is 4.71. The molecule has 0 saturated carbocycles. The number of nitriles is 1. The fourth-order valence-corrected chi connectivity index (χ4v) is 2.70. The topological polar surface area (TPSA) is 119 Å². The van der Waals surface area contributed by atoms with Crippen molar-refractivity contribution in [1.82, 2.24) is 4.72 Å². The van der Waals surface area contributed by atoms with Gasteiger partial charge in [0, 0.05) is 18.0 Å². The molecule has 0 aliphatic rings. The zero-order chi connectivity index (χ0) is 13.6. The second kappa shape index (κ2) is 6.23. The van der Waals surface area contributed by atoms with Gasteiger partial charge in [0.1, 0.15) is 4.90 Å². The predicted molar refractivity (Wildman–Crippen MR) is 65.4 cm³/mol. The van der Waals surface area contributed by atoms with Crippen LogP contribution >= 0.6 is 11.6 Å². The van der Waals surface area contributed by atoms with E-state index in [1.165, 1.54) is 18.2 Å². The first-order valence-corrected chi connectivity index (χ1v) is 6.57. The average Bonchev–Trinajstić information content (AvgIpc) is 2.34. The van der Waals surface area contributed by atoms with E-state index in [9.17, 15) is 8.42 Å². The summed E-state index contributed by atoms with van der Waals surface area (Å²) in [5.74, 6) is 0. The van der Waals surface area contributed by atoms with Gasteiger partial charge in [0.15, 0.2) is 0 Å². The summed E-state index contributed by atoms with van der Waals surface area (Å²) >= 11 is 5.78. The van der Waals surface area contributed by atoms with E-state index in [0.717, 1.165) is 0 Å². The summed E-state index contributed by atoms with van der Waals surface area (Å²) in [6, 6.07) is 5.72. The maximum Gasteiger partial charge on any atom is 0.242 e. The molecule has 0 saturated heterocycles. The molecule has 0 heterocycles. The predicted octanol–water partition coefficient (Wildman–Crippen LogP) is 1.80. The van der Waals surface area contributed by atoms with Gasteiger partial charge in [0.05, 0.1) is 16.7 Å². The van der Waals surface area contributed by atoms with Crippen LogP contribution in [0.3, 0.4) is 0 Å². The normalized spacial score (nSPS) is 10.4. The number of halogens is 1. The molecule has 0 atom stereocenters. The van der Waals surface area contributed by atoms with Gasteiger partial charge in [-0.1, -0.05) is 16.7 Å². The van der Waals surface area contributed by atoms with Crippen LogP contribution in [0.5, 0.6) is 0 Å². The molecule has 1 rings (SSSR count). The standard InChI is InChI=1S/C9H8ClN5O2S/c10-8-5-7(6-11)1-2-9(8)18(16,17)14-4-3-13-15-12/h1-2,5,14H,3-4H2. The number of azide groups is 1. The van der Waals surface area contributed by atoms with Gasteiger partial charge in [-0.2, -0.15) is 5.26 Å². The molecule has 1 N–H and O–H groups in total. The van der Waals surface area contributed by atoms with Crippen molar-refractivity contribution >= 4 is 21.6 Å². The molecule has 1 aromatic rings. The van der Waals surface area contributed by atoms with Gasteiger partial charge < -0.3 is 0 Å². The van der Waals surface area contributed by atoms with E-state index in [2.05, 4.69) is 14.7 Å². The molecule has 0 bridgehead atoms. The third-order valence-electron chi connectivity index (χ3n) is 1.92.